The molecule has 0 fully saturated rings. The lowest BCUT2D eigenvalue weighted by atomic mass is 10.0. The molecule has 1 aliphatic heterocycles. The van der Waals surface area contributed by atoms with Gasteiger partial charge in [-0.2, -0.15) is 0 Å². The van der Waals surface area contributed by atoms with E-state index in [9.17, 15) is 9.18 Å². The molecule has 2 N–H and O–H groups in total. The van der Waals surface area contributed by atoms with Crippen LogP contribution in [-0.4, -0.2) is 22.1 Å². The van der Waals surface area contributed by atoms with E-state index in [2.05, 4.69) is 37.6 Å². The minimum absolute atomic E-state index is 0.0129. The zero-order valence-corrected chi connectivity index (χ0v) is 14.6. The largest absolute Gasteiger partial charge is 0.335 e. The number of nitrogens with zero attached hydrogens (tertiary/aromatic N) is 2. The van der Waals surface area contributed by atoms with Gasteiger partial charge in [0.05, 0.1) is 28.7 Å². The third kappa shape index (κ3) is 2.91. The zero-order valence-electron chi connectivity index (χ0n) is 13.0. The fraction of sp³-hybridized carbons (Fsp3) is 0.111. The number of halogens is 2. The quantitative estimate of drug-likeness (QED) is 0.692. The minimum Gasteiger partial charge on any atom is -0.335 e. The van der Waals surface area contributed by atoms with Crippen molar-refractivity contribution in [2.75, 3.05) is 11.9 Å². The van der Waals surface area contributed by atoms with E-state index in [1.807, 2.05) is 29.0 Å². The van der Waals surface area contributed by atoms with E-state index in [1.165, 1.54) is 6.07 Å². The number of hydrogen-bond acceptors (Lipinski definition) is 2. The molecule has 0 spiro atoms. The first-order chi connectivity index (χ1) is 12.1. The number of carbonyl (C=O) groups is 1. The molecule has 1 aliphatic rings. The SMILES string of the molecule is O=C(NCC1c2ccccc2-c2cncn21)Nc1ccc(Br)c(F)c1. The van der Waals surface area contributed by atoms with E-state index in [-0.39, 0.29) is 12.1 Å². The third-order valence-corrected chi connectivity index (χ3v) is 4.87. The molecular formula is C18H14BrFN4O. The zero-order chi connectivity index (χ0) is 17.4. The molecule has 25 heavy (non-hydrogen) atoms. The summed E-state index contributed by atoms with van der Waals surface area (Å²) in [5, 5.41) is 5.49. The Hall–Kier alpha value is -2.67. The lowest BCUT2D eigenvalue weighted by Gasteiger charge is -2.16. The van der Waals surface area contributed by atoms with Gasteiger partial charge >= 0.3 is 6.03 Å². The van der Waals surface area contributed by atoms with E-state index < -0.39 is 5.82 Å². The lowest BCUT2D eigenvalue weighted by molar-refractivity contribution is 0.251. The Morgan fingerprint density at radius 1 is 1.28 bits per heavy atom. The van der Waals surface area contributed by atoms with Gasteiger partial charge in [-0.15, -0.1) is 0 Å². The highest BCUT2D eigenvalue weighted by molar-refractivity contribution is 9.10. The highest BCUT2D eigenvalue weighted by Crippen LogP contribution is 2.38. The first-order valence-corrected chi connectivity index (χ1v) is 8.54. The molecule has 4 rings (SSSR count). The van der Waals surface area contributed by atoms with Crippen LogP contribution in [0.1, 0.15) is 11.6 Å². The van der Waals surface area contributed by atoms with Crippen molar-refractivity contribution >= 4 is 27.6 Å². The van der Waals surface area contributed by atoms with Crippen molar-refractivity contribution in [3.8, 4) is 11.3 Å². The number of aromatic nitrogens is 2. The van der Waals surface area contributed by atoms with Gasteiger partial charge in [0, 0.05) is 17.8 Å². The second-order valence-electron chi connectivity index (χ2n) is 5.75. The molecule has 0 aliphatic carbocycles. The van der Waals surface area contributed by atoms with E-state index in [0.717, 1.165) is 16.8 Å². The summed E-state index contributed by atoms with van der Waals surface area (Å²) in [7, 11) is 0. The van der Waals surface area contributed by atoms with Crippen molar-refractivity contribution in [2.24, 2.45) is 0 Å². The Kier molecular flexibility index (Phi) is 4.01. The van der Waals surface area contributed by atoms with Crippen LogP contribution < -0.4 is 10.6 Å². The number of amides is 2. The van der Waals surface area contributed by atoms with E-state index in [4.69, 9.17) is 0 Å². The maximum Gasteiger partial charge on any atom is 0.319 e. The van der Waals surface area contributed by atoms with Gasteiger partial charge in [-0.25, -0.2) is 14.2 Å². The monoisotopic (exact) mass is 400 g/mol. The summed E-state index contributed by atoms with van der Waals surface area (Å²) in [6.45, 7) is 0.408. The molecule has 126 valence electrons. The molecule has 2 aromatic carbocycles. The van der Waals surface area contributed by atoms with Crippen molar-refractivity contribution in [3.63, 3.8) is 0 Å². The summed E-state index contributed by atoms with van der Waals surface area (Å²) in [6.07, 6.45) is 3.59. The molecule has 1 unspecified atom stereocenters. The number of rotatable bonds is 3. The highest BCUT2D eigenvalue weighted by atomic mass is 79.9. The number of carbonyl (C=O) groups excluding carboxylic acids is 1. The van der Waals surface area contributed by atoms with Gasteiger partial charge in [0.2, 0.25) is 0 Å². The standard InChI is InChI=1S/C18H14BrFN4O/c19-14-6-5-11(7-15(14)20)23-18(25)22-9-17-13-4-2-1-3-12(13)16-8-21-10-24(16)17/h1-8,10,17H,9H2,(H2,22,23,25). The van der Waals surface area contributed by atoms with Crippen LogP contribution in [0, 0.1) is 5.82 Å². The van der Waals surface area contributed by atoms with Crippen LogP contribution in [0.4, 0.5) is 14.9 Å². The molecule has 1 atom stereocenters. The second-order valence-corrected chi connectivity index (χ2v) is 6.61. The molecule has 0 bridgehead atoms. The summed E-state index contributed by atoms with van der Waals surface area (Å²) in [4.78, 5) is 16.3. The molecule has 0 radical (unpaired) electrons. The predicted molar refractivity (Wildman–Crippen MR) is 96.9 cm³/mol. The van der Waals surface area contributed by atoms with Crippen LogP contribution >= 0.6 is 15.9 Å². The molecule has 2 heterocycles. The topological polar surface area (TPSA) is 59.0 Å². The van der Waals surface area contributed by atoms with Crippen LogP contribution in [0.25, 0.3) is 11.3 Å². The smallest absolute Gasteiger partial charge is 0.319 e. The average Bonchev–Trinajstić information content (AvgIpc) is 3.18. The molecule has 0 saturated heterocycles. The van der Waals surface area contributed by atoms with E-state index in [0.29, 0.717) is 16.7 Å². The fourth-order valence-corrected chi connectivity index (χ4v) is 3.33. The summed E-state index contributed by atoms with van der Waals surface area (Å²) in [6, 6.07) is 12.1. The Morgan fingerprint density at radius 2 is 2.12 bits per heavy atom. The second kappa shape index (κ2) is 6.33. The summed E-state index contributed by atoms with van der Waals surface area (Å²) in [5.41, 5.74) is 3.71. The van der Waals surface area contributed by atoms with Crippen LogP contribution in [0.3, 0.4) is 0 Å². The van der Waals surface area contributed by atoms with Crippen molar-refractivity contribution in [3.05, 3.63) is 70.8 Å². The Bertz CT molecular complexity index is 956. The van der Waals surface area contributed by atoms with Crippen LogP contribution in [-0.2, 0) is 0 Å². The minimum atomic E-state index is -0.425. The first-order valence-electron chi connectivity index (χ1n) is 7.74. The Morgan fingerprint density at radius 3 is 2.96 bits per heavy atom. The van der Waals surface area contributed by atoms with E-state index in [1.54, 1.807) is 18.5 Å². The molecular weight excluding hydrogens is 387 g/mol. The molecule has 3 aromatic rings. The van der Waals surface area contributed by atoms with Crippen molar-refractivity contribution in [1.82, 2.24) is 14.9 Å². The molecule has 1 aromatic heterocycles. The van der Waals surface area contributed by atoms with Crippen LogP contribution in [0.15, 0.2) is 59.5 Å². The van der Waals surface area contributed by atoms with Gasteiger partial charge in [0.1, 0.15) is 5.82 Å². The number of imidazole rings is 1. The Labute approximate surface area is 152 Å². The van der Waals surface area contributed by atoms with E-state index >= 15 is 0 Å². The molecule has 7 heteroatoms. The number of fused-ring (bicyclic) bond motifs is 3. The summed E-state index contributed by atoms with van der Waals surface area (Å²) >= 11 is 3.09. The fourth-order valence-electron chi connectivity index (χ4n) is 3.08. The first kappa shape index (κ1) is 15.8. The molecule has 0 saturated carbocycles. The number of urea groups is 1. The average molecular weight is 401 g/mol. The molecule has 2 amide bonds. The maximum absolute atomic E-state index is 13.5. The van der Waals surface area contributed by atoms with Crippen LogP contribution in [0.2, 0.25) is 0 Å². The number of benzene rings is 2. The van der Waals surface area contributed by atoms with Gasteiger partial charge in [0.25, 0.3) is 0 Å². The number of nitrogens with one attached hydrogen (secondary N) is 2. The summed E-state index contributed by atoms with van der Waals surface area (Å²) < 4.78 is 15.9. The number of hydrogen-bond donors (Lipinski definition) is 2. The Balaban J connectivity index is 1.46. The predicted octanol–water partition coefficient (Wildman–Crippen LogP) is 4.18. The van der Waals surface area contributed by atoms with Gasteiger partial charge in [0.15, 0.2) is 0 Å². The van der Waals surface area contributed by atoms with Gasteiger partial charge in [-0.1, -0.05) is 24.3 Å². The highest BCUT2D eigenvalue weighted by Gasteiger charge is 2.28. The van der Waals surface area contributed by atoms with Crippen molar-refractivity contribution < 1.29 is 9.18 Å². The number of anilines is 1. The van der Waals surface area contributed by atoms with Gasteiger partial charge in [-0.3, -0.25) is 0 Å². The maximum atomic E-state index is 13.5. The van der Waals surface area contributed by atoms with Gasteiger partial charge in [-0.05, 0) is 39.7 Å². The van der Waals surface area contributed by atoms with Crippen molar-refractivity contribution in [1.29, 1.82) is 0 Å². The van der Waals surface area contributed by atoms with Crippen molar-refractivity contribution in [2.45, 2.75) is 6.04 Å². The van der Waals surface area contributed by atoms with Gasteiger partial charge < -0.3 is 15.2 Å². The lowest BCUT2D eigenvalue weighted by Crippen LogP contribution is -2.33. The summed E-state index contributed by atoms with van der Waals surface area (Å²) in [5.74, 6) is -0.425. The normalized spacial score (nSPS) is 14.7. The third-order valence-electron chi connectivity index (χ3n) is 4.23. The van der Waals surface area contributed by atoms with Crippen LogP contribution in [0.5, 0.6) is 0 Å². The molecule has 5 nitrogen and oxygen atoms in total.